The number of hydrogen-bond acceptors (Lipinski definition) is 4. The topological polar surface area (TPSA) is 93.2 Å². The molecule has 0 aliphatic carbocycles. The van der Waals surface area contributed by atoms with Gasteiger partial charge in [-0.05, 0) is 49.9 Å². The van der Waals surface area contributed by atoms with Gasteiger partial charge in [-0.1, -0.05) is 0 Å². The Balaban J connectivity index is 2.77. The van der Waals surface area contributed by atoms with E-state index in [0.717, 1.165) is 12.8 Å². The summed E-state index contributed by atoms with van der Waals surface area (Å²) >= 11 is 0. The number of benzene rings is 1. The van der Waals surface area contributed by atoms with Crippen LogP contribution in [0.1, 0.15) is 30.4 Å². The number of ether oxygens (including phenoxy) is 1. The first-order valence-corrected chi connectivity index (χ1v) is 7.54. The molecule has 6 heteroatoms. The van der Waals surface area contributed by atoms with Crippen LogP contribution in [0, 0.1) is 25.2 Å². The molecule has 0 aliphatic rings. The summed E-state index contributed by atoms with van der Waals surface area (Å²) in [5, 5.41) is 13.6. The van der Waals surface area contributed by atoms with E-state index in [4.69, 9.17) is 15.1 Å². The van der Waals surface area contributed by atoms with Crippen LogP contribution in [0.3, 0.4) is 0 Å². The van der Waals surface area contributed by atoms with Gasteiger partial charge in [-0.25, -0.2) is 13.6 Å². The summed E-state index contributed by atoms with van der Waals surface area (Å²) in [4.78, 5) is 0.157. The van der Waals surface area contributed by atoms with Crippen molar-refractivity contribution in [1.29, 1.82) is 5.26 Å². The highest BCUT2D eigenvalue weighted by molar-refractivity contribution is 7.89. The zero-order valence-electron chi connectivity index (χ0n) is 11.1. The van der Waals surface area contributed by atoms with Crippen molar-refractivity contribution in [3.8, 4) is 11.8 Å². The Morgan fingerprint density at radius 3 is 2.32 bits per heavy atom. The Labute approximate surface area is 114 Å². The SMILES string of the molecule is Cc1cc(OCCCCC#N)cc(C)c1S(N)(=O)=O. The number of hydrogen-bond donors (Lipinski definition) is 1. The lowest BCUT2D eigenvalue weighted by Gasteiger charge is -2.11. The van der Waals surface area contributed by atoms with Gasteiger partial charge in [0.05, 0.1) is 17.6 Å². The molecule has 1 aromatic rings. The minimum Gasteiger partial charge on any atom is -0.494 e. The van der Waals surface area contributed by atoms with Crippen LogP contribution in [0.4, 0.5) is 0 Å². The highest BCUT2D eigenvalue weighted by Crippen LogP contribution is 2.25. The first-order valence-electron chi connectivity index (χ1n) is 6.00. The fourth-order valence-corrected chi connectivity index (χ4v) is 2.95. The van der Waals surface area contributed by atoms with Gasteiger partial charge in [-0.3, -0.25) is 0 Å². The van der Waals surface area contributed by atoms with Gasteiger partial charge in [0.2, 0.25) is 10.0 Å². The molecule has 0 amide bonds. The largest absolute Gasteiger partial charge is 0.494 e. The van der Waals surface area contributed by atoms with Crippen LogP contribution in [0.2, 0.25) is 0 Å². The molecule has 0 fully saturated rings. The van der Waals surface area contributed by atoms with Gasteiger partial charge in [0, 0.05) is 6.42 Å². The van der Waals surface area contributed by atoms with E-state index in [9.17, 15) is 8.42 Å². The van der Waals surface area contributed by atoms with E-state index in [1.807, 2.05) is 0 Å². The molecule has 19 heavy (non-hydrogen) atoms. The number of rotatable bonds is 6. The molecule has 0 unspecified atom stereocenters. The number of sulfonamides is 1. The second-order valence-corrected chi connectivity index (χ2v) is 5.89. The lowest BCUT2D eigenvalue weighted by Crippen LogP contribution is -2.15. The van der Waals surface area contributed by atoms with E-state index in [0.29, 0.717) is 29.9 Å². The van der Waals surface area contributed by atoms with Crippen LogP contribution in [0.25, 0.3) is 0 Å². The lowest BCUT2D eigenvalue weighted by atomic mass is 10.1. The van der Waals surface area contributed by atoms with Crippen LogP contribution in [0.5, 0.6) is 5.75 Å². The zero-order valence-corrected chi connectivity index (χ0v) is 12.0. The summed E-state index contributed by atoms with van der Waals surface area (Å²) in [6.07, 6.45) is 2.11. The molecule has 0 atom stereocenters. The molecule has 0 saturated heterocycles. The molecule has 0 aliphatic heterocycles. The standard InChI is InChI=1S/C13H18N2O3S/c1-10-8-12(18-7-5-3-4-6-14)9-11(2)13(10)19(15,16)17/h8-9H,3-5,7H2,1-2H3,(H2,15,16,17). The third kappa shape index (κ3) is 4.54. The predicted molar refractivity (Wildman–Crippen MR) is 72.2 cm³/mol. The van der Waals surface area contributed by atoms with Crippen LogP contribution >= 0.6 is 0 Å². The average molecular weight is 282 g/mol. The lowest BCUT2D eigenvalue weighted by molar-refractivity contribution is 0.307. The maximum Gasteiger partial charge on any atom is 0.238 e. The fraction of sp³-hybridized carbons (Fsp3) is 0.462. The van der Waals surface area contributed by atoms with E-state index in [-0.39, 0.29) is 4.90 Å². The number of nitrogens with zero attached hydrogens (tertiary/aromatic N) is 1. The molecule has 0 spiro atoms. The molecule has 0 saturated carbocycles. The van der Waals surface area contributed by atoms with Gasteiger partial charge in [-0.15, -0.1) is 0 Å². The molecule has 2 N–H and O–H groups in total. The van der Waals surface area contributed by atoms with Crippen molar-refractivity contribution in [1.82, 2.24) is 0 Å². The Kier molecular flexibility index (Phi) is 5.33. The van der Waals surface area contributed by atoms with E-state index in [1.54, 1.807) is 26.0 Å². The van der Waals surface area contributed by atoms with Crippen molar-refractivity contribution in [2.45, 2.75) is 38.0 Å². The number of nitriles is 1. The number of primary sulfonamides is 1. The molecule has 1 aromatic carbocycles. The van der Waals surface area contributed by atoms with Crippen molar-refractivity contribution in [2.24, 2.45) is 5.14 Å². The molecule has 0 radical (unpaired) electrons. The summed E-state index contributed by atoms with van der Waals surface area (Å²) < 4.78 is 28.4. The van der Waals surface area contributed by atoms with Gasteiger partial charge in [0.25, 0.3) is 0 Å². The summed E-state index contributed by atoms with van der Waals surface area (Å²) in [6, 6.07) is 5.40. The van der Waals surface area contributed by atoms with E-state index < -0.39 is 10.0 Å². The molecule has 104 valence electrons. The predicted octanol–water partition coefficient (Wildman–Crippen LogP) is 2.02. The van der Waals surface area contributed by atoms with Crippen molar-refractivity contribution < 1.29 is 13.2 Å². The summed E-state index contributed by atoms with van der Waals surface area (Å²) in [6.45, 7) is 3.89. The van der Waals surface area contributed by atoms with Gasteiger partial charge in [0.1, 0.15) is 5.75 Å². The molecular weight excluding hydrogens is 264 g/mol. The number of unbranched alkanes of at least 4 members (excludes halogenated alkanes) is 2. The van der Waals surface area contributed by atoms with Crippen LogP contribution in [-0.4, -0.2) is 15.0 Å². The summed E-state index contributed by atoms with van der Waals surface area (Å²) in [5.74, 6) is 0.624. The maximum atomic E-state index is 11.4. The Morgan fingerprint density at radius 2 is 1.84 bits per heavy atom. The highest BCUT2D eigenvalue weighted by atomic mass is 32.2. The van der Waals surface area contributed by atoms with Crippen molar-refractivity contribution in [2.75, 3.05) is 6.61 Å². The Morgan fingerprint density at radius 1 is 1.26 bits per heavy atom. The Bertz CT molecular complexity index is 565. The van der Waals surface area contributed by atoms with Crippen LogP contribution in [0.15, 0.2) is 17.0 Å². The maximum absolute atomic E-state index is 11.4. The number of nitrogens with two attached hydrogens (primary N) is 1. The quantitative estimate of drug-likeness (QED) is 0.808. The molecule has 5 nitrogen and oxygen atoms in total. The summed E-state index contributed by atoms with van der Waals surface area (Å²) in [7, 11) is -3.71. The van der Waals surface area contributed by atoms with E-state index >= 15 is 0 Å². The minimum absolute atomic E-state index is 0.157. The van der Waals surface area contributed by atoms with Crippen LogP contribution in [-0.2, 0) is 10.0 Å². The van der Waals surface area contributed by atoms with Gasteiger partial charge >= 0.3 is 0 Å². The highest BCUT2D eigenvalue weighted by Gasteiger charge is 2.16. The first kappa shape index (κ1) is 15.5. The van der Waals surface area contributed by atoms with Crippen molar-refractivity contribution >= 4 is 10.0 Å². The number of aryl methyl sites for hydroxylation is 2. The smallest absolute Gasteiger partial charge is 0.238 e. The monoisotopic (exact) mass is 282 g/mol. The first-order chi connectivity index (χ1) is 8.86. The average Bonchev–Trinajstić information content (AvgIpc) is 2.25. The molecule has 0 heterocycles. The third-order valence-corrected chi connectivity index (χ3v) is 3.88. The molecular formula is C13H18N2O3S. The zero-order chi connectivity index (χ0) is 14.5. The Hall–Kier alpha value is -1.58. The van der Waals surface area contributed by atoms with Crippen LogP contribution < -0.4 is 9.88 Å². The van der Waals surface area contributed by atoms with Crippen molar-refractivity contribution in [3.05, 3.63) is 23.3 Å². The third-order valence-electron chi connectivity index (χ3n) is 2.67. The molecule has 0 aromatic heterocycles. The fourth-order valence-electron chi connectivity index (χ4n) is 1.94. The molecule has 1 rings (SSSR count). The van der Waals surface area contributed by atoms with Gasteiger partial charge < -0.3 is 4.74 Å². The second-order valence-electron chi connectivity index (χ2n) is 4.39. The van der Waals surface area contributed by atoms with Crippen molar-refractivity contribution in [3.63, 3.8) is 0 Å². The van der Waals surface area contributed by atoms with E-state index in [2.05, 4.69) is 6.07 Å². The summed E-state index contributed by atoms with van der Waals surface area (Å²) in [5.41, 5.74) is 1.16. The van der Waals surface area contributed by atoms with Gasteiger partial charge in [-0.2, -0.15) is 5.26 Å². The van der Waals surface area contributed by atoms with E-state index in [1.165, 1.54) is 0 Å². The second kappa shape index (κ2) is 6.55. The minimum atomic E-state index is -3.71. The molecule has 0 bridgehead atoms. The van der Waals surface area contributed by atoms with Gasteiger partial charge in [0.15, 0.2) is 0 Å². The normalized spacial score (nSPS) is 11.1.